The van der Waals surface area contributed by atoms with Crippen molar-refractivity contribution in [2.45, 2.75) is 33.2 Å². The molecule has 1 amide bonds. The zero-order chi connectivity index (χ0) is 14.8. The maximum Gasteiger partial charge on any atom is 0.254 e. The summed E-state index contributed by atoms with van der Waals surface area (Å²) in [5.41, 5.74) is 7.71. The Labute approximate surface area is 123 Å². The Morgan fingerprint density at radius 3 is 2.53 bits per heavy atom. The Kier molecular flexibility index (Phi) is 4.80. The average Bonchev–Trinajstić information content (AvgIpc) is 2.28. The molecule has 0 aliphatic rings. The van der Waals surface area contributed by atoms with Crippen LogP contribution in [-0.4, -0.2) is 22.9 Å². The zero-order valence-electron chi connectivity index (χ0n) is 12.0. The van der Waals surface area contributed by atoms with Crippen LogP contribution in [0.15, 0.2) is 29.3 Å². The molecular formula is C15H21BrN2O. The van der Waals surface area contributed by atoms with Gasteiger partial charge in [-0.2, -0.15) is 0 Å². The van der Waals surface area contributed by atoms with Crippen LogP contribution in [0.4, 0.5) is 5.69 Å². The van der Waals surface area contributed by atoms with Gasteiger partial charge in [-0.25, -0.2) is 0 Å². The van der Waals surface area contributed by atoms with Crippen LogP contribution < -0.4 is 5.73 Å². The first-order valence-corrected chi connectivity index (χ1v) is 6.96. The Morgan fingerprint density at radius 1 is 1.47 bits per heavy atom. The van der Waals surface area contributed by atoms with E-state index >= 15 is 0 Å². The van der Waals surface area contributed by atoms with E-state index in [-0.39, 0.29) is 11.4 Å². The monoisotopic (exact) mass is 324 g/mol. The molecule has 104 valence electrons. The van der Waals surface area contributed by atoms with Gasteiger partial charge in [0.15, 0.2) is 0 Å². The molecule has 0 bridgehead atoms. The van der Waals surface area contributed by atoms with Crippen molar-refractivity contribution >= 4 is 27.5 Å². The molecule has 0 saturated heterocycles. The SMILES string of the molecule is C=CCN(C(=O)c1cc(Br)cc(N)c1C)C(C)(C)C. The van der Waals surface area contributed by atoms with Crippen molar-refractivity contribution in [3.8, 4) is 0 Å². The second kappa shape index (κ2) is 5.78. The largest absolute Gasteiger partial charge is 0.398 e. The van der Waals surface area contributed by atoms with Crippen molar-refractivity contribution in [1.29, 1.82) is 0 Å². The van der Waals surface area contributed by atoms with E-state index in [1.807, 2.05) is 33.8 Å². The molecule has 0 heterocycles. The van der Waals surface area contributed by atoms with Crippen molar-refractivity contribution < 1.29 is 4.79 Å². The molecule has 3 nitrogen and oxygen atoms in total. The molecule has 0 aliphatic heterocycles. The highest BCUT2D eigenvalue weighted by molar-refractivity contribution is 9.10. The third kappa shape index (κ3) is 3.60. The van der Waals surface area contributed by atoms with Crippen LogP contribution in [0.2, 0.25) is 0 Å². The highest BCUT2D eigenvalue weighted by Crippen LogP contribution is 2.26. The number of carbonyl (C=O) groups is 1. The summed E-state index contributed by atoms with van der Waals surface area (Å²) in [4.78, 5) is 14.5. The number of hydrogen-bond acceptors (Lipinski definition) is 2. The Hall–Kier alpha value is -1.29. The summed E-state index contributed by atoms with van der Waals surface area (Å²) in [5, 5.41) is 0. The van der Waals surface area contributed by atoms with Crippen molar-refractivity contribution in [3.63, 3.8) is 0 Å². The molecule has 19 heavy (non-hydrogen) atoms. The lowest BCUT2D eigenvalue weighted by atomic mass is 10.0. The smallest absolute Gasteiger partial charge is 0.254 e. The van der Waals surface area contributed by atoms with E-state index in [1.54, 1.807) is 17.0 Å². The molecule has 1 aromatic rings. The molecule has 2 N–H and O–H groups in total. The number of anilines is 1. The van der Waals surface area contributed by atoms with E-state index in [4.69, 9.17) is 5.73 Å². The van der Waals surface area contributed by atoms with Crippen LogP contribution in [0, 0.1) is 6.92 Å². The summed E-state index contributed by atoms with van der Waals surface area (Å²) in [6.07, 6.45) is 1.74. The van der Waals surface area contributed by atoms with Crippen molar-refractivity contribution in [3.05, 3.63) is 40.4 Å². The normalized spacial score (nSPS) is 11.2. The topological polar surface area (TPSA) is 46.3 Å². The van der Waals surface area contributed by atoms with E-state index in [0.29, 0.717) is 17.8 Å². The maximum atomic E-state index is 12.7. The molecular weight excluding hydrogens is 304 g/mol. The van der Waals surface area contributed by atoms with Crippen LogP contribution in [0.5, 0.6) is 0 Å². The molecule has 0 atom stereocenters. The molecule has 1 aromatic carbocycles. The number of nitrogen functional groups attached to an aromatic ring is 1. The summed E-state index contributed by atoms with van der Waals surface area (Å²) in [7, 11) is 0. The molecule has 0 unspecified atom stereocenters. The Morgan fingerprint density at radius 2 is 2.05 bits per heavy atom. The number of carbonyl (C=O) groups excluding carboxylic acids is 1. The van der Waals surface area contributed by atoms with Gasteiger partial charge in [0.1, 0.15) is 0 Å². The second-order valence-corrected chi connectivity index (χ2v) is 6.46. The number of nitrogens with two attached hydrogens (primary N) is 1. The standard InChI is InChI=1S/C15H21BrN2O/c1-6-7-18(15(3,4)5)14(19)12-8-11(16)9-13(17)10(12)2/h6,8-9H,1,7,17H2,2-5H3. The number of hydrogen-bond donors (Lipinski definition) is 1. The lowest BCUT2D eigenvalue weighted by Gasteiger charge is -2.35. The molecule has 4 heteroatoms. The first-order chi connectivity index (χ1) is 8.68. The van der Waals surface area contributed by atoms with Crippen molar-refractivity contribution in [1.82, 2.24) is 4.90 Å². The second-order valence-electron chi connectivity index (χ2n) is 5.54. The van der Waals surface area contributed by atoms with Gasteiger partial charge in [-0.3, -0.25) is 4.79 Å². The van der Waals surface area contributed by atoms with Gasteiger partial charge in [-0.15, -0.1) is 6.58 Å². The minimum absolute atomic E-state index is 0.0297. The van der Waals surface area contributed by atoms with Gasteiger partial charge in [0.25, 0.3) is 5.91 Å². The quantitative estimate of drug-likeness (QED) is 0.679. The molecule has 0 radical (unpaired) electrons. The summed E-state index contributed by atoms with van der Waals surface area (Å²) < 4.78 is 0.811. The van der Waals surface area contributed by atoms with Gasteiger partial charge in [-0.1, -0.05) is 22.0 Å². The van der Waals surface area contributed by atoms with Crippen LogP contribution >= 0.6 is 15.9 Å². The van der Waals surface area contributed by atoms with E-state index < -0.39 is 0 Å². The predicted octanol–water partition coefficient (Wildman–Crippen LogP) is 3.77. The fraction of sp³-hybridized carbons (Fsp3) is 0.400. The lowest BCUT2D eigenvalue weighted by molar-refractivity contribution is 0.0616. The number of nitrogens with zero attached hydrogens (tertiary/aromatic N) is 1. The maximum absolute atomic E-state index is 12.7. The number of rotatable bonds is 3. The first-order valence-electron chi connectivity index (χ1n) is 6.17. The van der Waals surface area contributed by atoms with Crippen molar-refractivity contribution in [2.24, 2.45) is 0 Å². The fourth-order valence-corrected chi connectivity index (χ4v) is 2.33. The summed E-state index contributed by atoms with van der Waals surface area (Å²) >= 11 is 3.38. The molecule has 0 spiro atoms. The van der Waals surface area contributed by atoms with Gasteiger partial charge in [-0.05, 0) is 45.4 Å². The summed E-state index contributed by atoms with van der Waals surface area (Å²) in [6.45, 7) is 12.1. The minimum Gasteiger partial charge on any atom is -0.398 e. The number of amides is 1. The van der Waals surface area contributed by atoms with E-state index in [0.717, 1.165) is 10.0 Å². The van der Waals surface area contributed by atoms with Gasteiger partial charge >= 0.3 is 0 Å². The third-order valence-electron chi connectivity index (χ3n) is 3.01. The lowest BCUT2D eigenvalue weighted by Crippen LogP contribution is -2.45. The summed E-state index contributed by atoms with van der Waals surface area (Å²) in [6, 6.07) is 3.62. The minimum atomic E-state index is -0.269. The Bertz CT molecular complexity index is 504. The molecule has 1 rings (SSSR count). The van der Waals surface area contributed by atoms with Crippen LogP contribution in [-0.2, 0) is 0 Å². The van der Waals surface area contributed by atoms with Crippen LogP contribution in [0.25, 0.3) is 0 Å². The number of benzene rings is 1. The van der Waals surface area contributed by atoms with E-state index in [9.17, 15) is 4.79 Å². The number of halogens is 1. The highest BCUT2D eigenvalue weighted by Gasteiger charge is 2.27. The molecule has 0 aromatic heterocycles. The molecule has 0 aliphatic carbocycles. The highest BCUT2D eigenvalue weighted by atomic mass is 79.9. The van der Waals surface area contributed by atoms with E-state index in [1.165, 1.54) is 0 Å². The van der Waals surface area contributed by atoms with Gasteiger partial charge in [0, 0.05) is 27.8 Å². The third-order valence-corrected chi connectivity index (χ3v) is 3.47. The first kappa shape index (κ1) is 15.8. The Balaban J connectivity index is 3.28. The molecule has 0 fully saturated rings. The van der Waals surface area contributed by atoms with Gasteiger partial charge in [0.05, 0.1) is 0 Å². The van der Waals surface area contributed by atoms with Gasteiger partial charge < -0.3 is 10.6 Å². The zero-order valence-corrected chi connectivity index (χ0v) is 13.5. The van der Waals surface area contributed by atoms with Crippen LogP contribution in [0.3, 0.4) is 0 Å². The fourth-order valence-electron chi connectivity index (χ4n) is 1.86. The molecule has 0 saturated carbocycles. The van der Waals surface area contributed by atoms with Gasteiger partial charge in [0.2, 0.25) is 0 Å². The average molecular weight is 325 g/mol. The van der Waals surface area contributed by atoms with Crippen molar-refractivity contribution in [2.75, 3.05) is 12.3 Å². The summed E-state index contributed by atoms with van der Waals surface area (Å²) in [5.74, 6) is -0.0297. The van der Waals surface area contributed by atoms with Crippen LogP contribution in [0.1, 0.15) is 36.7 Å². The van der Waals surface area contributed by atoms with E-state index in [2.05, 4.69) is 22.5 Å². The predicted molar refractivity (Wildman–Crippen MR) is 84.3 cm³/mol.